The number of aliphatic hydroxyl groups excluding tert-OH is 1. The van der Waals surface area contributed by atoms with Crippen molar-refractivity contribution in [3.05, 3.63) is 23.1 Å². The molecule has 1 aromatic rings. The highest BCUT2D eigenvalue weighted by molar-refractivity contribution is 6.28. The van der Waals surface area contributed by atoms with E-state index < -0.39 is 0 Å². The number of halogens is 1. The van der Waals surface area contributed by atoms with Crippen LogP contribution in [-0.4, -0.2) is 29.2 Å². The largest absolute Gasteiger partial charge is 0.448 e. The molecular weight excluding hydrogens is 202 g/mol. The lowest BCUT2D eigenvalue weighted by molar-refractivity contribution is 0.150. The Balaban J connectivity index is 2.55. The molecule has 0 atom stereocenters. The molecule has 0 spiro atoms. The van der Waals surface area contributed by atoms with Crippen LogP contribution in [0.5, 0.6) is 0 Å². The van der Waals surface area contributed by atoms with Gasteiger partial charge in [-0.1, -0.05) is 0 Å². The van der Waals surface area contributed by atoms with Crippen LogP contribution in [-0.2, 0) is 6.54 Å². The van der Waals surface area contributed by atoms with Gasteiger partial charge in [-0.2, -0.15) is 0 Å². The lowest BCUT2D eigenvalue weighted by atomic mass is 10.3. The van der Waals surface area contributed by atoms with Crippen molar-refractivity contribution in [3.63, 3.8) is 0 Å². The van der Waals surface area contributed by atoms with E-state index in [1.54, 1.807) is 6.07 Å². The molecule has 1 N–H and O–H groups in total. The van der Waals surface area contributed by atoms with Crippen molar-refractivity contribution in [2.24, 2.45) is 0 Å². The maximum absolute atomic E-state index is 8.87. The Hall–Kier alpha value is -0.510. The first-order chi connectivity index (χ1) is 6.63. The van der Waals surface area contributed by atoms with Crippen molar-refractivity contribution >= 4 is 11.6 Å². The third-order valence-electron chi connectivity index (χ3n) is 2.11. The Labute approximate surface area is 89.3 Å². The van der Waals surface area contributed by atoms with E-state index in [9.17, 15) is 0 Å². The second-order valence-corrected chi connectivity index (χ2v) is 3.87. The van der Waals surface area contributed by atoms with Gasteiger partial charge in [0, 0.05) is 12.6 Å². The Bertz CT molecular complexity index is 273. The zero-order valence-corrected chi connectivity index (χ0v) is 9.29. The minimum atomic E-state index is 0.159. The summed E-state index contributed by atoms with van der Waals surface area (Å²) in [6, 6.07) is 3.97. The number of rotatable bonds is 5. The summed E-state index contributed by atoms with van der Waals surface area (Å²) in [6.07, 6.45) is 0. The van der Waals surface area contributed by atoms with Gasteiger partial charge in [-0.25, -0.2) is 0 Å². The maximum atomic E-state index is 8.87. The van der Waals surface area contributed by atoms with Gasteiger partial charge in [0.2, 0.25) is 0 Å². The SMILES string of the molecule is CC(C)N(CCO)Cc1ccc(Cl)o1. The predicted molar refractivity (Wildman–Crippen MR) is 56.3 cm³/mol. The quantitative estimate of drug-likeness (QED) is 0.821. The predicted octanol–water partition coefficient (Wildman–Crippen LogP) is 2.14. The fourth-order valence-electron chi connectivity index (χ4n) is 1.29. The summed E-state index contributed by atoms with van der Waals surface area (Å²) in [7, 11) is 0. The fourth-order valence-corrected chi connectivity index (χ4v) is 1.45. The van der Waals surface area contributed by atoms with Gasteiger partial charge in [0.1, 0.15) is 5.76 Å². The van der Waals surface area contributed by atoms with Crippen molar-refractivity contribution in [3.8, 4) is 0 Å². The number of furan rings is 1. The van der Waals surface area contributed by atoms with Gasteiger partial charge in [-0.15, -0.1) is 0 Å². The molecule has 0 unspecified atom stereocenters. The smallest absolute Gasteiger partial charge is 0.193 e. The molecule has 0 aromatic carbocycles. The molecule has 0 saturated carbocycles. The van der Waals surface area contributed by atoms with Gasteiger partial charge in [-0.3, -0.25) is 4.90 Å². The Kier molecular flexibility index (Phi) is 4.45. The van der Waals surface area contributed by atoms with Crippen LogP contribution in [0.4, 0.5) is 0 Å². The summed E-state index contributed by atoms with van der Waals surface area (Å²) in [5.74, 6) is 0.831. The monoisotopic (exact) mass is 217 g/mol. The van der Waals surface area contributed by atoms with Crippen LogP contribution in [0, 0.1) is 0 Å². The van der Waals surface area contributed by atoms with Gasteiger partial charge in [0.15, 0.2) is 5.22 Å². The molecule has 0 bridgehead atoms. The van der Waals surface area contributed by atoms with Gasteiger partial charge >= 0.3 is 0 Å². The van der Waals surface area contributed by atoms with Gasteiger partial charge in [0.25, 0.3) is 0 Å². The highest BCUT2D eigenvalue weighted by atomic mass is 35.5. The molecule has 0 aliphatic heterocycles. The molecule has 80 valence electrons. The van der Waals surface area contributed by atoms with E-state index in [0.717, 1.165) is 5.76 Å². The summed E-state index contributed by atoms with van der Waals surface area (Å²) < 4.78 is 5.25. The average molecular weight is 218 g/mol. The second-order valence-electron chi connectivity index (χ2n) is 3.49. The zero-order valence-electron chi connectivity index (χ0n) is 8.53. The normalized spacial score (nSPS) is 11.6. The molecule has 0 amide bonds. The Morgan fingerprint density at radius 2 is 2.21 bits per heavy atom. The third kappa shape index (κ3) is 3.33. The average Bonchev–Trinajstić information content (AvgIpc) is 2.50. The van der Waals surface area contributed by atoms with Crippen molar-refractivity contribution < 1.29 is 9.52 Å². The van der Waals surface area contributed by atoms with Gasteiger partial charge in [0.05, 0.1) is 13.2 Å². The van der Waals surface area contributed by atoms with Crippen LogP contribution in [0.3, 0.4) is 0 Å². The van der Waals surface area contributed by atoms with E-state index in [2.05, 4.69) is 18.7 Å². The summed E-state index contributed by atoms with van der Waals surface area (Å²) in [5.41, 5.74) is 0. The van der Waals surface area contributed by atoms with Crippen LogP contribution in [0.25, 0.3) is 0 Å². The molecule has 14 heavy (non-hydrogen) atoms. The minimum absolute atomic E-state index is 0.159. The van der Waals surface area contributed by atoms with E-state index in [1.165, 1.54) is 0 Å². The summed E-state index contributed by atoms with van der Waals surface area (Å²) in [4.78, 5) is 2.12. The number of aliphatic hydroxyl groups is 1. The van der Waals surface area contributed by atoms with Crippen molar-refractivity contribution in [2.75, 3.05) is 13.2 Å². The molecule has 0 radical (unpaired) electrons. The van der Waals surface area contributed by atoms with E-state index >= 15 is 0 Å². The molecule has 0 aliphatic carbocycles. The number of nitrogens with zero attached hydrogens (tertiary/aromatic N) is 1. The first-order valence-electron chi connectivity index (χ1n) is 4.72. The molecule has 3 nitrogen and oxygen atoms in total. The van der Waals surface area contributed by atoms with E-state index in [0.29, 0.717) is 24.4 Å². The lowest BCUT2D eigenvalue weighted by Gasteiger charge is -2.24. The molecule has 1 heterocycles. The highest BCUT2D eigenvalue weighted by Crippen LogP contribution is 2.15. The first-order valence-corrected chi connectivity index (χ1v) is 5.10. The highest BCUT2D eigenvalue weighted by Gasteiger charge is 2.11. The standard InChI is InChI=1S/C10H16ClNO2/c1-8(2)12(5-6-13)7-9-3-4-10(11)14-9/h3-4,8,13H,5-7H2,1-2H3. The van der Waals surface area contributed by atoms with Crippen molar-refractivity contribution in [1.29, 1.82) is 0 Å². The lowest BCUT2D eigenvalue weighted by Crippen LogP contribution is -2.32. The molecular formula is C10H16ClNO2. The summed E-state index contributed by atoms with van der Waals surface area (Å²) >= 11 is 5.67. The van der Waals surface area contributed by atoms with E-state index in [-0.39, 0.29) is 6.61 Å². The van der Waals surface area contributed by atoms with E-state index in [4.69, 9.17) is 21.1 Å². The van der Waals surface area contributed by atoms with Crippen molar-refractivity contribution in [1.82, 2.24) is 4.90 Å². The van der Waals surface area contributed by atoms with E-state index in [1.807, 2.05) is 6.07 Å². The minimum Gasteiger partial charge on any atom is -0.448 e. The molecule has 0 saturated heterocycles. The van der Waals surface area contributed by atoms with Crippen molar-refractivity contribution in [2.45, 2.75) is 26.4 Å². The fraction of sp³-hybridized carbons (Fsp3) is 0.600. The van der Waals surface area contributed by atoms with Crippen LogP contribution in [0.1, 0.15) is 19.6 Å². The Morgan fingerprint density at radius 1 is 1.50 bits per heavy atom. The Morgan fingerprint density at radius 3 is 2.64 bits per heavy atom. The topological polar surface area (TPSA) is 36.6 Å². The zero-order chi connectivity index (χ0) is 10.6. The van der Waals surface area contributed by atoms with Crippen LogP contribution in [0.15, 0.2) is 16.5 Å². The van der Waals surface area contributed by atoms with Crippen LogP contribution in [0.2, 0.25) is 5.22 Å². The molecule has 0 aliphatic rings. The molecule has 4 heteroatoms. The van der Waals surface area contributed by atoms with Crippen LogP contribution < -0.4 is 0 Å². The molecule has 1 rings (SSSR count). The molecule has 1 aromatic heterocycles. The van der Waals surface area contributed by atoms with Gasteiger partial charge in [-0.05, 0) is 37.6 Å². The first kappa shape index (κ1) is 11.6. The van der Waals surface area contributed by atoms with Gasteiger partial charge < -0.3 is 9.52 Å². The summed E-state index contributed by atoms with van der Waals surface area (Å²) in [6.45, 7) is 5.66. The summed E-state index contributed by atoms with van der Waals surface area (Å²) in [5, 5.41) is 9.28. The number of hydrogen-bond donors (Lipinski definition) is 1. The second kappa shape index (κ2) is 5.39. The molecule has 0 fully saturated rings. The number of hydrogen-bond acceptors (Lipinski definition) is 3. The van der Waals surface area contributed by atoms with Crippen LogP contribution >= 0.6 is 11.6 Å². The maximum Gasteiger partial charge on any atom is 0.193 e. The third-order valence-corrected chi connectivity index (χ3v) is 2.31.